The summed E-state index contributed by atoms with van der Waals surface area (Å²) in [4.78, 5) is 4.49. The molecule has 3 rings (SSSR count). The Bertz CT molecular complexity index is 770. The van der Waals surface area contributed by atoms with Crippen LogP contribution in [0.1, 0.15) is 22.9 Å². The number of aryl methyl sites for hydroxylation is 1. The molecule has 1 unspecified atom stereocenters. The number of aliphatic hydroxyl groups is 1. The molecular weight excluding hydrogens is 270 g/mol. The van der Waals surface area contributed by atoms with Gasteiger partial charge in [0.15, 0.2) is 0 Å². The molecule has 0 fully saturated rings. The number of para-hydroxylation sites is 1. The number of nitrogens with zero attached hydrogens (tertiary/aromatic N) is 1. The maximum Gasteiger partial charge on any atom is 0.105 e. The van der Waals surface area contributed by atoms with Crippen molar-refractivity contribution in [2.24, 2.45) is 0 Å². The first kappa shape index (κ1) is 13.1. The summed E-state index contributed by atoms with van der Waals surface area (Å²) in [7, 11) is 0. The van der Waals surface area contributed by atoms with Crippen molar-refractivity contribution in [3.63, 3.8) is 0 Å². The number of halogens is 1. The van der Waals surface area contributed by atoms with Crippen LogP contribution in [-0.2, 0) is 0 Å². The average Bonchev–Trinajstić information content (AvgIpc) is 2.45. The van der Waals surface area contributed by atoms with Crippen molar-refractivity contribution in [2.45, 2.75) is 13.0 Å². The van der Waals surface area contributed by atoms with Gasteiger partial charge < -0.3 is 5.11 Å². The molecule has 0 spiro atoms. The molecule has 0 aliphatic carbocycles. The molecule has 2 aromatic carbocycles. The highest BCUT2D eigenvalue weighted by Crippen LogP contribution is 2.29. The van der Waals surface area contributed by atoms with Crippen molar-refractivity contribution in [3.8, 4) is 0 Å². The van der Waals surface area contributed by atoms with Crippen LogP contribution in [0, 0.1) is 6.92 Å². The van der Waals surface area contributed by atoms with E-state index < -0.39 is 6.10 Å². The lowest BCUT2D eigenvalue weighted by Gasteiger charge is -2.15. The van der Waals surface area contributed by atoms with Gasteiger partial charge >= 0.3 is 0 Å². The molecule has 1 heterocycles. The van der Waals surface area contributed by atoms with Crippen LogP contribution in [0.25, 0.3) is 10.9 Å². The first-order valence-electron chi connectivity index (χ1n) is 6.45. The summed E-state index contributed by atoms with van der Waals surface area (Å²) in [6, 6.07) is 17.1. The first-order chi connectivity index (χ1) is 9.65. The molecule has 100 valence electrons. The van der Waals surface area contributed by atoms with E-state index in [1.807, 2.05) is 49.4 Å². The van der Waals surface area contributed by atoms with E-state index in [1.165, 1.54) is 0 Å². The van der Waals surface area contributed by atoms with E-state index in [1.54, 1.807) is 12.1 Å². The van der Waals surface area contributed by atoms with Gasteiger partial charge in [0.25, 0.3) is 0 Å². The van der Waals surface area contributed by atoms with Crippen LogP contribution >= 0.6 is 11.6 Å². The molecule has 0 saturated heterocycles. The van der Waals surface area contributed by atoms with Crippen molar-refractivity contribution in [1.82, 2.24) is 4.98 Å². The molecule has 3 aromatic rings. The van der Waals surface area contributed by atoms with Gasteiger partial charge in [0.1, 0.15) is 6.10 Å². The Labute approximate surface area is 122 Å². The van der Waals surface area contributed by atoms with Gasteiger partial charge in [-0.05, 0) is 42.3 Å². The van der Waals surface area contributed by atoms with E-state index in [9.17, 15) is 5.11 Å². The fraction of sp³-hybridized carbons (Fsp3) is 0.118. The van der Waals surface area contributed by atoms with Gasteiger partial charge in [0, 0.05) is 16.1 Å². The summed E-state index contributed by atoms with van der Waals surface area (Å²) < 4.78 is 0. The number of fused-ring (bicyclic) bond motifs is 1. The third-order valence-electron chi connectivity index (χ3n) is 3.34. The van der Waals surface area contributed by atoms with Crippen molar-refractivity contribution < 1.29 is 5.11 Å². The number of hydrogen-bond donors (Lipinski definition) is 1. The zero-order valence-electron chi connectivity index (χ0n) is 11.0. The quantitative estimate of drug-likeness (QED) is 0.761. The minimum Gasteiger partial charge on any atom is -0.384 e. The Kier molecular flexibility index (Phi) is 3.43. The fourth-order valence-electron chi connectivity index (χ4n) is 2.42. The van der Waals surface area contributed by atoms with E-state index in [4.69, 9.17) is 11.6 Å². The monoisotopic (exact) mass is 283 g/mol. The van der Waals surface area contributed by atoms with E-state index in [0.717, 1.165) is 27.7 Å². The standard InChI is InChI=1S/C17H14ClNO/c1-11-9-15(14-7-2-3-8-16(14)19-11)17(20)12-5-4-6-13(18)10-12/h2-10,17,20H,1H3. The lowest BCUT2D eigenvalue weighted by Crippen LogP contribution is -2.02. The number of pyridine rings is 1. The highest BCUT2D eigenvalue weighted by molar-refractivity contribution is 6.30. The van der Waals surface area contributed by atoms with E-state index in [-0.39, 0.29) is 0 Å². The molecule has 0 amide bonds. The Morgan fingerprint density at radius 2 is 1.85 bits per heavy atom. The van der Waals surface area contributed by atoms with E-state index in [0.29, 0.717) is 5.02 Å². The van der Waals surface area contributed by atoms with E-state index >= 15 is 0 Å². The predicted molar refractivity (Wildman–Crippen MR) is 82.0 cm³/mol. The largest absolute Gasteiger partial charge is 0.384 e. The van der Waals surface area contributed by atoms with Gasteiger partial charge in [-0.15, -0.1) is 0 Å². The minimum atomic E-state index is -0.708. The smallest absolute Gasteiger partial charge is 0.105 e. The molecule has 0 aliphatic heterocycles. The van der Waals surface area contributed by atoms with E-state index in [2.05, 4.69) is 4.98 Å². The SMILES string of the molecule is Cc1cc(C(O)c2cccc(Cl)c2)c2ccccc2n1. The van der Waals surface area contributed by atoms with Gasteiger partial charge in [-0.2, -0.15) is 0 Å². The molecular formula is C17H14ClNO. The van der Waals surface area contributed by atoms with Gasteiger partial charge in [0.2, 0.25) is 0 Å². The second-order valence-corrected chi connectivity index (χ2v) is 5.26. The van der Waals surface area contributed by atoms with Crippen LogP contribution in [-0.4, -0.2) is 10.1 Å². The van der Waals surface area contributed by atoms with Crippen LogP contribution < -0.4 is 0 Å². The topological polar surface area (TPSA) is 33.1 Å². The van der Waals surface area contributed by atoms with Crippen LogP contribution in [0.15, 0.2) is 54.6 Å². The average molecular weight is 284 g/mol. The van der Waals surface area contributed by atoms with Crippen LogP contribution in [0.4, 0.5) is 0 Å². The zero-order valence-corrected chi connectivity index (χ0v) is 11.8. The van der Waals surface area contributed by atoms with Crippen LogP contribution in [0.2, 0.25) is 5.02 Å². The normalized spacial score (nSPS) is 12.6. The molecule has 0 bridgehead atoms. The molecule has 2 nitrogen and oxygen atoms in total. The van der Waals surface area contributed by atoms with Crippen molar-refractivity contribution >= 4 is 22.5 Å². The molecule has 20 heavy (non-hydrogen) atoms. The van der Waals surface area contributed by atoms with Crippen LogP contribution in [0.5, 0.6) is 0 Å². The van der Waals surface area contributed by atoms with Crippen molar-refractivity contribution in [1.29, 1.82) is 0 Å². The first-order valence-corrected chi connectivity index (χ1v) is 6.83. The lowest BCUT2D eigenvalue weighted by atomic mass is 9.97. The Morgan fingerprint density at radius 1 is 1.05 bits per heavy atom. The molecule has 1 atom stereocenters. The van der Waals surface area contributed by atoms with Crippen molar-refractivity contribution in [3.05, 3.63) is 76.4 Å². The van der Waals surface area contributed by atoms with Crippen molar-refractivity contribution in [2.75, 3.05) is 0 Å². The molecule has 0 saturated carbocycles. The summed E-state index contributed by atoms with van der Waals surface area (Å²) in [5, 5.41) is 12.2. The third-order valence-corrected chi connectivity index (χ3v) is 3.57. The number of aliphatic hydroxyl groups excluding tert-OH is 1. The number of benzene rings is 2. The Morgan fingerprint density at radius 3 is 2.65 bits per heavy atom. The number of aromatic nitrogens is 1. The molecule has 1 aromatic heterocycles. The minimum absolute atomic E-state index is 0.622. The predicted octanol–water partition coefficient (Wildman–Crippen LogP) is 4.28. The highest BCUT2D eigenvalue weighted by Gasteiger charge is 2.15. The Balaban J connectivity index is 2.18. The highest BCUT2D eigenvalue weighted by atomic mass is 35.5. The number of rotatable bonds is 2. The second kappa shape index (κ2) is 5.23. The molecule has 3 heteroatoms. The zero-order chi connectivity index (χ0) is 14.1. The number of hydrogen-bond acceptors (Lipinski definition) is 2. The summed E-state index contributed by atoms with van der Waals surface area (Å²) in [6.07, 6.45) is -0.708. The van der Waals surface area contributed by atoms with Gasteiger partial charge in [0.05, 0.1) is 5.52 Å². The van der Waals surface area contributed by atoms with Gasteiger partial charge in [-0.3, -0.25) is 4.98 Å². The third kappa shape index (κ3) is 2.40. The van der Waals surface area contributed by atoms with Gasteiger partial charge in [-0.25, -0.2) is 0 Å². The van der Waals surface area contributed by atoms with Gasteiger partial charge in [-0.1, -0.05) is 41.9 Å². The summed E-state index contributed by atoms with van der Waals surface area (Å²) in [5.41, 5.74) is 3.42. The van der Waals surface area contributed by atoms with Crippen LogP contribution in [0.3, 0.4) is 0 Å². The maximum absolute atomic E-state index is 10.7. The summed E-state index contributed by atoms with van der Waals surface area (Å²) in [6.45, 7) is 1.93. The molecule has 0 radical (unpaired) electrons. The lowest BCUT2D eigenvalue weighted by molar-refractivity contribution is 0.221. The Hall–Kier alpha value is -1.90. The summed E-state index contributed by atoms with van der Waals surface area (Å²) >= 11 is 6.00. The molecule has 0 aliphatic rings. The summed E-state index contributed by atoms with van der Waals surface area (Å²) in [5.74, 6) is 0. The fourth-order valence-corrected chi connectivity index (χ4v) is 2.62. The molecule has 1 N–H and O–H groups in total. The maximum atomic E-state index is 10.7. The second-order valence-electron chi connectivity index (χ2n) is 4.83.